The largest absolute Gasteiger partial charge is 0.398 e. The van der Waals surface area contributed by atoms with E-state index in [1.54, 1.807) is 12.1 Å². The highest BCUT2D eigenvalue weighted by Crippen LogP contribution is 2.43. The molecule has 0 amide bonds. The Labute approximate surface area is 108 Å². The van der Waals surface area contributed by atoms with Gasteiger partial charge in [0.05, 0.1) is 17.1 Å². The third-order valence-corrected chi connectivity index (χ3v) is 3.62. The van der Waals surface area contributed by atoms with Gasteiger partial charge in [0.15, 0.2) is 5.78 Å². The summed E-state index contributed by atoms with van der Waals surface area (Å²) in [5.41, 5.74) is 6.34. The topological polar surface area (TPSA) is 52.3 Å². The molecule has 2 rings (SSSR count). The van der Waals surface area contributed by atoms with Crippen LogP contribution < -0.4 is 5.73 Å². The fourth-order valence-electron chi connectivity index (χ4n) is 2.88. The molecule has 1 atom stereocenters. The lowest BCUT2D eigenvalue weighted by molar-refractivity contribution is -0.0712. The number of Topliss-reactive ketones (excluding diaryl/α,β-unsaturated/α-hetero) is 1. The van der Waals surface area contributed by atoms with Crippen LogP contribution in [-0.4, -0.2) is 17.0 Å². The Balaban J connectivity index is 2.33. The lowest BCUT2D eigenvalue weighted by Gasteiger charge is -2.26. The van der Waals surface area contributed by atoms with Gasteiger partial charge in [-0.15, -0.1) is 0 Å². The van der Waals surface area contributed by atoms with Crippen molar-refractivity contribution >= 4 is 11.5 Å². The summed E-state index contributed by atoms with van der Waals surface area (Å²) < 4.78 is 5.97. The molecule has 2 N–H and O–H groups in total. The molecule has 0 saturated carbocycles. The van der Waals surface area contributed by atoms with Crippen LogP contribution in [0, 0.1) is 5.92 Å². The molecular formula is C15H21NO2. The maximum Gasteiger partial charge on any atom is 0.170 e. The molecule has 0 aliphatic carbocycles. The van der Waals surface area contributed by atoms with E-state index in [9.17, 15) is 4.79 Å². The lowest BCUT2D eigenvalue weighted by Crippen LogP contribution is -2.34. The van der Waals surface area contributed by atoms with Crippen molar-refractivity contribution in [2.75, 3.05) is 5.73 Å². The van der Waals surface area contributed by atoms with E-state index in [0.717, 1.165) is 6.42 Å². The summed E-state index contributed by atoms with van der Waals surface area (Å²) >= 11 is 0. The van der Waals surface area contributed by atoms with Gasteiger partial charge in [0, 0.05) is 11.3 Å². The third-order valence-electron chi connectivity index (χ3n) is 3.62. The average molecular weight is 247 g/mol. The maximum absolute atomic E-state index is 12.6. The molecule has 0 radical (unpaired) electrons. The van der Waals surface area contributed by atoms with E-state index < -0.39 is 5.60 Å². The standard InChI is InChI=1S/C15H21NO2/c1-14(2)9-11(15(3,4)18-14)13(17)10-7-5-6-8-12(10)16/h5-8,11H,9,16H2,1-4H3. The number of nitrogens with two attached hydrogens (primary N) is 1. The van der Waals surface area contributed by atoms with Crippen LogP contribution in [0.1, 0.15) is 44.5 Å². The monoisotopic (exact) mass is 247 g/mol. The highest BCUT2D eigenvalue weighted by Gasteiger charge is 2.49. The summed E-state index contributed by atoms with van der Waals surface area (Å²) in [6.45, 7) is 8.00. The Morgan fingerprint density at radius 1 is 1.28 bits per heavy atom. The van der Waals surface area contributed by atoms with Gasteiger partial charge in [-0.3, -0.25) is 4.79 Å². The van der Waals surface area contributed by atoms with Gasteiger partial charge >= 0.3 is 0 Å². The molecule has 1 aliphatic rings. The smallest absolute Gasteiger partial charge is 0.170 e. The number of benzene rings is 1. The van der Waals surface area contributed by atoms with Crippen molar-refractivity contribution in [3.63, 3.8) is 0 Å². The van der Waals surface area contributed by atoms with Gasteiger partial charge in [-0.1, -0.05) is 12.1 Å². The lowest BCUT2D eigenvalue weighted by atomic mass is 9.81. The van der Waals surface area contributed by atoms with Crippen LogP contribution in [0.3, 0.4) is 0 Å². The summed E-state index contributed by atoms with van der Waals surface area (Å²) in [6.07, 6.45) is 0.729. The molecule has 0 aromatic heterocycles. The minimum atomic E-state index is -0.442. The van der Waals surface area contributed by atoms with Gasteiger partial charge in [-0.2, -0.15) is 0 Å². The summed E-state index contributed by atoms with van der Waals surface area (Å²) in [5, 5.41) is 0. The SMILES string of the molecule is CC1(C)CC(C(=O)c2ccccc2N)C(C)(C)O1. The molecular weight excluding hydrogens is 226 g/mol. The number of anilines is 1. The number of ketones is 1. The first-order valence-corrected chi connectivity index (χ1v) is 6.32. The minimum absolute atomic E-state index is 0.0867. The van der Waals surface area contributed by atoms with E-state index in [1.807, 2.05) is 39.8 Å². The number of carbonyl (C=O) groups is 1. The number of ether oxygens (including phenoxy) is 1. The van der Waals surface area contributed by atoms with Crippen molar-refractivity contribution in [1.82, 2.24) is 0 Å². The highest BCUT2D eigenvalue weighted by molar-refractivity contribution is 6.03. The van der Waals surface area contributed by atoms with Crippen molar-refractivity contribution in [3.8, 4) is 0 Å². The maximum atomic E-state index is 12.6. The van der Waals surface area contributed by atoms with Crippen LogP contribution in [-0.2, 0) is 4.74 Å². The molecule has 1 aliphatic heterocycles. The molecule has 3 nitrogen and oxygen atoms in total. The first-order chi connectivity index (χ1) is 8.23. The number of para-hydroxylation sites is 1. The van der Waals surface area contributed by atoms with E-state index >= 15 is 0 Å². The molecule has 1 aromatic rings. The van der Waals surface area contributed by atoms with Gasteiger partial charge in [0.2, 0.25) is 0 Å². The van der Waals surface area contributed by atoms with Gasteiger partial charge in [-0.05, 0) is 46.2 Å². The fraction of sp³-hybridized carbons (Fsp3) is 0.533. The van der Waals surface area contributed by atoms with E-state index in [0.29, 0.717) is 11.3 Å². The third kappa shape index (κ3) is 2.27. The Morgan fingerprint density at radius 3 is 2.39 bits per heavy atom. The molecule has 0 bridgehead atoms. The van der Waals surface area contributed by atoms with E-state index in [-0.39, 0.29) is 17.3 Å². The molecule has 1 heterocycles. The van der Waals surface area contributed by atoms with Crippen molar-refractivity contribution in [2.45, 2.75) is 45.3 Å². The fourth-order valence-corrected chi connectivity index (χ4v) is 2.88. The van der Waals surface area contributed by atoms with Gasteiger partial charge < -0.3 is 10.5 Å². The van der Waals surface area contributed by atoms with Crippen molar-refractivity contribution in [2.24, 2.45) is 5.92 Å². The zero-order valence-corrected chi connectivity index (χ0v) is 11.5. The predicted molar refractivity (Wildman–Crippen MR) is 72.5 cm³/mol. The number of carbonyl (C=O) groups excluding carboxylic acids is 1. The molecule has 3 heteroatoms. The van der Waals surface area contributed by atoms with Crippen LogP contribution in [0.2, 0.25) is 0 Å². The number of hydrogen-bond acceptors (Lipinski definition) is 3. The Hall–Kier alpha value is -1.35. The second-order valence-corrected chi connectivity index (χ2v) is 6.17. The Morgan fingerprint density at radius 2 is 1.89 bits per heavy atom. The zero-order valence-electron chi connectivity index (χ0n) is 11.5. The van der Waals surface area contributed by atoms with Crippen LogP contribution in [0.4, 0.5) is 5.69 Å². The molecule has 1 saturated heterocycles. The van der Waals surface area contributed by atoms with Crippen LogP contribution >= 0.6 is 0 Å². The zero-order chi connectivity index (χ0) is 13.6. The molecule has 98 valence electrons. The first kappa shape index (κ1) is 13.1. The summed E-state index contributed by atoms with van der Waals surface area (Å²) in [6, 6.07) is 7.24. The highest BCUT2D eigenvalue weighted by atomic mass is 16.5. The molecule has 0 spiro atoms. The van der Waals surface area contributed by atoms with E-state index in [4.69, 9.17) is 10.5 Å². The van der Waals surface area contributed by atoms with Crippen molar-refractivity contribution < 1.29 is 9.53 Å². The van der Waals surface area contributed by atoms with Gasteiger partial charge in [-0.25, -0.2) is 0 Å². The Kier molecular flexibility index (Phi) is 2.98. The van der Waals surface area contributed by atoms with Gasteiger partial charge in [0.1, 0.15) is 0 Å². The molecule has 1 fully saturated rings. The summed E-state index contributed by atoms with van der Waals surface area (Å²) in [7, 11) is 0. The number of rotatable bonds is 2. The van der Waals surface area contributed by atoms with Gasteiger partial charge in [0.25, 0.3) is 0 Å². The Bertz CT molecular complexity index is 477. The van der Waals surface area contributed by atoms with Crippen molar-refractivity contribution in [1.29, 1.82) is 0 Å². The van der Waals surface area contributed by atoms with Crippen LogP contribution in [0.25, 0.3) is 0 Å². The average Bonchev–Trinajstić information content (AvgIpc) is 2.46. The minimum Gasteiger partial charge on any atom is -0.398 e. The summed E-state index contributed by atoms with van der Waals surface area (Å²) in [5.74, 6) is -0.0547. The molecule has 18 heavy (non-hydrogen) atoms. The number of nitrogen functional groups attached to an aromatic ring is 1. The predicted octanol–water partition coefficient (Wildman–Crippen LogP) is 3.05. The molecule has 1 aromatic carbocycles. The van der Waals surface area contributed by atoms with Crippen LogP contribution in [0.5, 0.6) is 0 Å². The van der Waals surface area contributed by atoms with E-state index in [1.165, 1.54) is 0 Å². The van der Waals surface area contributed by atoms with Crippen LogP contribution in [0.15, 0.2) is 24.3 Å². The second-order valence-electron chi connectivity index (χ2n) is 6.17. The quantitative estimate of drug-likeness (QED) is 0.645. The number of hydrogen-bond donors (Lipinski definition) is 1. The normalized spacial score (nSPS) is 25.0. The van der Waals surface area contributed by atoms with E-state index in [2.05, 4.69) is 0 Å². The summed E-state index contributed by atoms with van der Waals surface area (Å²) in [4.78, 5) is 12.6. The second kappa shape index (κ2) is 4.09. The first-order valence-electron chi connectivity index (χ1n) is 6.32. The van der Waals surface area contributed by atoms with Crippen molar-refractivity contribution in [3.05, 3.63) is 29.8 Å². The molecule has 1 unspecified atom stereocenters.